The lowest BCUT2D eigenvalue weighted by atomic mass is 10.1. The zero-order valence-corrected chi connectivity index (χ0v) is 27.3. The van der Waals surface area contributed by atoms with E-state index in [1.54, 1.807) is 0 Å². The molecular weight excluding hydrogens is 634 g/mol. The van der Waals surface area contributed by atoms with Crippen LogP contribution in [-0.4, -0.2) is 87.8 Å². The van der Waals surface area contributed by atoms with Gasteiger partial charge in [-0.3, -0.25) is 4.72 Å². The molecule has 14 nitrogen and oxygen atoms in total. The van der Waals surface area contributed by atoms with Gasteiger partial charge in [0.15, 0.2) is 14.5 Å². The van der Waals surface area contributed by atoms with Gasteiger partial charge in [0.05, 0.1) is 32.9 Å². The summed E-state index contributed by atoms with van der Waals surface area (Å²) in [4.78, 5) is 48.3. The number of hydrogen-bond donors (Lipinski definition) is 2. The Hall–Kier alpha value is -1.81. The minimum atomic E-state index is -1.99. The quantitative estimate of drug-likeness (QED) is 0.0767. The molecule has 41 heavy (non-hydrogen) atoms. The lowest BCUT2D eigenvalue weighted by Crippen LogP contribution is -2.38. The van der Waals surface area contributed by atoms with Crippen LogP contribution in [0.4, 0.5) is 19.2 Å². The number of carbonyl (C=O) groups is 4. The molecule has 0 aromatic rings. The van der Waals surface area contributed by atoms with Crippen molar-refractivity contribution in [3.8, 4) is 11.8 Å². The first-order valence-electron chi connectivity index (χ1n) is 12.8. The monoisotopic (exact) mass is 669 g/mol. The topological polar surface area (TPSA) is 189 Å². The average Bonchev–Trinajstić information content (AvgIpc) is 3.57. The van der Waals surface area contributed by atoms with Gasteiger partial charge in [-0.25, -0.2) is 33.9 Å². The van der Waals surface area contributed by atoms with Gasteiger partial charge in [0.25, 0.3) is 0 Å². The first-order chi connectivity index (χ1) is 19.7. The SMILES string of the molecule is N#P(P)C(=O)OCCN(CCOC(=O)P(#N)P)C(=O)OCCOCCNSNC(=O)OC[C@@H]1[C@@H]2CCC#CCC[C@@H]21. The standard InChI is InChI=1S/C22H35N5O9P4S/c23-39(37)21(30)34-11-8-27(9-12-35-22(31)40(24)38)20(29)33-14-13-32-10-7-25-41-26-19(28)36-15-18-16-5-3-1-2-4-6-17(16)18/h16-18,25H,3-15,37-38H2,(H,26,28)/t16-,17+,18-. The molecule has 2 N–H and O–H groups in total. The molecule has 19 heteroatoms. The molecule has 0 heterocycles. The van der Waals surface area contributed by atoms with Crippen molar-refractivity contribution >= 4 is 68.1 Å². The van der Waals surface area contributed by atoms with Crippen molar-refractivity contribution in [3.05, 3.63) is 0 Å². The van der Waals surface area contributed by atoms with E-state index in [0.29, 0.717) is 30.9 Å². The van der Waals surface area contributed by atoms with Crippen LogP contribution in [0, 0.1) is 39.6 Å². The largest absolute Gasteiger partial charge is 0.456 e. The van der Waals surface area contributed by atoms with E-state index in [2.05, 4.69) is 21.3 Å². The number of hydrogen-bond acceptors (Lipinski definition) is 13. The minimum Gasteiger partial charge on any atom is -0.456 e. The second kappa shape index (κ2) is 20.2. The molecular formula is C22H35N5O9P4S. The van der Waals surface area contributed by atoms with Gasteiger partial charge in [-0.1, -0.05) is 0 Å². The van der Waals surface area contributed by atoms with Gasteiger partial charge >= 0.3 is 23.6 Å². The van der Waals surface area contributed by atoms with Gasteiger partial charge in [-0.15, -0.1) is 11.8 Å². The Kier molecular flexibility index (Phi) is 17.4. The summed E-state index contributed by atoms with van der Waals surface area (Å²) in [6, 6.07) is 0. The third-order valence-electron chi connectivity index (χ3n) is 6.06. The van der Waals surface area contributed by atoms with Crippen LogP contribution in [-0.2, 0) is 23.7 Å². The summed E-state index contributed by atoms with van der Waals surface area (Å²) >= 11 is 0.991. The third-order valence-corrected chi connectivity index (χ3v) is 8.95. The van der Waals surface area contributed by atoms with Gasteiger partial charge in [-0.2, -0.15) is 0 Å². The maximum absolute atomic E-state index is 12.4. The van der Waals surface area contributed by atoms with Gasteiger partial charge < -0.3 is 28.6 Å². The Morgan fingerprint density at radius 3 is 2.00 bits per heavy atom. The Morgan fingerprint density at radius 2 is 1.44 bits per heavy atom. The van der Waals surface area contributed by atoms with Crippen molar-refractivity contribution in [1.82, 2.24) is 14.3 Å². The second-order valence-corrected chi connectivity index (χ2v) is 14.5. The smallest absolute Gasteiger partial charge is 0.418 e. The number of carbonyl (C=O) groups excluding carboxylic acids is 4. The van der Waals surface area contributed by atoms with Crippen molar-refractivity contribution in [2.75, 3.05) is 59.3 Å². The van der Waals surface area contributed by atoms with Gasteiger partial charge in [-0.05, 0) is 48.5 Å². The number of fused-ring (bicyclic) bond motifs is 1. The summed E-state index contributed by atoms with van der Waals surface area (Å²) in [6.45, 7) is 0.587. The number of nitrogens with zero attached hydrogens (tertiary/aromatic N) is 3. The van der Waals surface area contributed by atoms with E-state index in [-0.39, 0.29) is 46.1 Å². The molecule has 4 unspecified atom stereocenters. The highest BCUT2D eigenvalue weighted by Crippen LogP contribution is 2.52. The zero-order chi connectivity index (χ0) is 30.0. The van der Waals surface area contributed by atoms with Crippen molar-refractivity contribution in [2.24, 2.45) is 17.8 Å². The van der Waals surface area contributed by atoms with Crippen LogP contribution >= 0.6 is 44.5 Å². The Labute approximate surface area is 249 Å². The molecule has 1 saturated carbocycles. The highest BCUT2D eigenvalue weighted by molar-refractivity contribution is 8.14. The van der Waals surface area contributed by atoms with Gasteiger partial charge in [0, 0.05) is 31.5 Å². The van der Waals surface area contributed by atoms with E-state index in [9.17, 15) is 29.2 Å². The van der Waals surface area contributed by atoms with E-state index >= 15 is 0 Å². The molecule has 0 spiro atoms. The Bertz CT molecular complexity index is 1060. The van der Waals surface area contributed by atoms with Crippen LogP contribution in [0.1, 0.15) is 25.7 Å². The van der Waals surface area contributed by atoms with E-state index in [1.165, 1.54) is 0 Å². The molecule has 0 aromatic carbocycles. The third kappa shape index (κ3) is 14.8. The number of rotatable bonds is 16. The van der Waals surface area contributed by atoms with Crippen LogP contribution in [0.5, 0.6) is 0 Å². The van der Waals surface area contributed by atoms with Gasteiger partial charge in [0.1, 0.15) is 19.8 Å². The lowest BCUT2D eigenvalue weighted by molar-refractivity contribution is 0.0490. The summed E-state index contributed by atoms with van der Waals surface area (Å²) in [7, 11) is -0.107. The minimum absolute atomic E-state index is 0.0665. The van der Waals surface area contributed by atoms with Gasteiger partial charge in [0.2, 0.25) is 0 Å². The molecule has 0 aliphatic heterocycles. The molecule has 7 atom stereocenters. The fourth-order valence-corrected chi connectivity index (χ4v) is 5.31. The second-order valence-electron chi connectivity index (χ2n) is 8.75. The summed E-state index contributed by atoms with van der Waals surface area (Å²) in [5.74, 6) is 7.98. The van der Waals surface area contributed by atoms with Crippen LogP contribution in [0.3, 0.4) is 0 Å². The number of nitrogens with one attached hydrogen (secondary N) is 2. The maximum atomic E-state index is 12.4. The van der Waals surface area contributed by atoms with Crippen LogP contribution < -0.4 is 9.44 Å². The average molecular weight is 670 g/mol. The molecule has 0 aromatic heterocycles. The molecule has 0 bridgehead atoms. The molecule has 2 rings (SSSR count). The summed E-state index contributed by atoms with van der Waals surface area (Å²) < 4.78 is 31.1. The highest BCUT2D eigenvalue weighted by atomic mass is 32.2. The van der Waals surface area contributed by atoms with Crippen molar-refractivity contribution < 1.29 is 42.9 Å². The fraction of sp³-hybridized carbons (Fsp3) is 0.727. The van der Waals surface area contributed by atoms with E-state index in [4.69, 9.17) is 23.7 Å². The fourth-order valence-electron chi connectivity index (χ4n) is 4.02. The van der Waals surface area contributed by atoms with Crippen LogP contribution in [0.25, 0.3) is 0 Å². The maximum Gasteiger partial charge on any atom is 0.418 e. The molecule has 2 aliphatic carbocycles. The molecule has 1 fully saturated rings. The summed E-state index contributed by atoms with van der Waals surface area (Å²) in [5, 5.41) is 18.4. The van der Waals surface area contributed by atoms with E-state index < -0.39 is 38.1 Å². The number of ether oxygens (including phenoxy) is 5. The predicted octanol–water partition coefficient (Wildman–Crippen LogP) is 4.54. The molecule has 0 saturated heterocycles. The first kappa shape index (κ1) is 35.4. The summed E-state index contributed by atoms with van der Waals surface area (Å²) in [6.07, 6.45) is 2.73. The van der Waals surface area contributed by atoms with Crippen LogP contribution in [0.15, 0.2) is 0 Å². The van der Waals surface area contributed by atoms with Crippen molar-refractivity contribution in [1.29, 1.82) is 10.0 Å². The zero-order valence-electron chi connectivity index (χ0n) is 22.4. The normalized spacial score (nSPS) is 19.5. The van der Waals surface area contributed by atoms with Crippen molar-refractivity contribution in [3.63, 3.8) is 0 Å². The highest BCUT2D eigenvalue weighted by Gasteiger charge is 2.49. The van der Waals surface area contributed by atoms with E-state index in [1.807, 2.05) is 17.9 Å². The number of amides is 2. The van der Waals surface area contributed by atoms with E-state index in [0.717, 1.165) is 42.7 Å². The summed E-state index contributed by atoms with van der Waals surface area (Å²) in [5.41, 5.74) is -1.63. The molecule has 2 aliphatic rings. The predicted molar refractivity (Wildman–Crippen MR) is 160 cm³/mol. The Morgan fingerprint density at radius 1 is 0.854 bits per heavy atom. The van der Waals surface area contributed by atoms with Crippen molar-refractivity contribution in [2.45, 2.75) is 25.7 Å². The Balaban J connectivity index is 1.52. The first-order valence-corrected chi connectivity index (χ1v) is 19.4. The van der Waals surface area contributed by atoms with Crippen LogP contribution in [0.2, 0.25) is 0 Å². The molecule has 0 radical (unpaired) electrons. The lowest BCUT2D eigenvalue weighted by Gasteiger charge is -2.21. The molecule has 2 amide bonds. The molecule has 228 valence electrons.